The third-order valence-corrected chi connectivity index (χ3v) is 4.30. The van der Waals surface area contributed by atoms with Gasteiger partial charge in [0.1, 0.15) is 11.5 Å². The van der Waals surface area contributed by atoms with Crippen molar-refractivity contribution >= 4 is 17.4 Å². The van der Waals surface area contributed by atoms with Crippen LogP contribution in [0.1, 0.15) is 22.8 Å². The molecule has 8 nitrogen and oxygen atoms in total. The summed E-state index contributed by atoms with van der Waals surface area (Å²) < 4.78 is 3.28. The minimum atomic E-state index is -0.486. The van der Waals surface area contributed by atoms with Crippen LogP contribution in [0.3, 0.4) is 0 Å². The number of hydrogen-bond donors (Lipinski definition) is 1. The van der Waals surface area contributed by atoms with Crippen LogP contribution in [0.5, 0.6) is 0 Å². The van der Waals surface area contributed by atoms with E-state index in [2.05, 4.69) is 15.0 Å². The SMILES string of the molecule is NC(=O)c1cnn(C2CCN(c3cc(=O)n4ccccc4n3)C2)c1. The molecule has 1 unspecified atom stereocenters. The van der Waals surface area contributed by atoms with Crippen molar-refractivity contribution in [2.75, 3.05) is 18.0 Å². The lowest BCUT2D eigenvalue weighted by molar-refractivity contribution is 0.1000. The molecule has 24 heavy (non-hydrogen) atoms. The Morgan fingerprint density at radius 3 is 3.00 bits per heavy atom. The molecule has 8 heteroatoms. The van der Waals surface area contributed by atoms with Crippen LogP contribution < -0.4 is 16.2 Å². The number of nitrogens with two attached hydrogens (primary N) is 1. The third-order valence-electron chi connectivity index (χ3n) is 4.30. The zero-order valence-electron chi connectivity index (χ0n) is 12.9. The number of carbonyl (C=O) groups excluding carboxylic acids is 1. The lowest BCUT2D eigenvalue weighted by Gasteiger charge is -2.17. The topological polar surface area (TPSA) is 98.5 Å². The largest absolute Gasteiger partial charge is 0.366 e. The fourth-order valence-electron chi connectivity index (χ4n) is 3.03. The lowest BCUT2D eigenvalue weighted by Crippen LogP contribution is -2.25. The van der Waals surface area contributed by atoms with Gasteiger partial charge in [0.05, 0.1) is 17.8 Å². The number of primary amides is 1. The van der Waals surface area contributed by atoms with Gasteiger partial charge in [-0.15, -0.1) is 0 Å². The Kier molecular flexibility index (Phi) is 3.30. The molecule has 122 valence electrons. The highest BCUT2D eigenvalue weighted by atomic mass is 16.1. The first-order chi connectivity index (χ1) is 11.6. The van der Waals surface area contributed by atoms with Crippen molar-refractivity contribution in [2.45, 2.75) is 12.5 Å². The molecule has 3 aromatic heterocycles. The minimum absolute atomic E-state index is 0.103. The van der Waals surface area contributed by atoms with E-state index in [-0.39, 0.29) is 11.6 Å². The summed E-state index contributed by atoms with van der Waals surface area (Å²) in [5.74, 6) is 0.177. The number of hydrogen-bond acceptors (Lipinski definition) is 5. The molecule has 1 fully saturated rings. The summed E-state index contributed by atoms with van der Waals surface area (Å²) in [6, 6.07) is 7.13. The molecule has 0 radical (unpaired) electrons. The molecular weight excluding hydrogens is 308 g/mol. The Morgan fingerprint density at radius 2 is 2.21 bits per heavy atom. The molecule has 0 spiro atoms. The quantitative estimate of drug-likeness (QED) is 0.754. The Balaban J connectivity index is 1.60. The molecule has 1 atom stereocenters. The third kappa shape index (κ3) is 2.41. The molecule has 0 bridgehead atoms. The second-order valence-electron chi connectivity index (χ2n) is 5.84. The van der Waals surface area contributed by atoms with Gasteiger partial charge in [-0.05, 0) is 18.6 Å². The maximum absolute atomic E-state index is 12.2. The van der Waals surface area contributed by atoms with Gasteiger partial charge in [-0.3, -0.25) is 18.7 Å². The van der Waals surface area contributed by atoms with E-state index in [0.717, 1.165) is 13.0 Å². The van der Waals surface area contributed by atoms with Gasteiger partial charge in [0.15, 0.2) is 0 Å². The lowest BCUT2D eigenvalue weighted by atomic mass is 10.3. The summed E-state index contributed by atoms with van der Waals surface area (Å²) in [5, 5.41) is 4.22. The zero-order chi connectivity index (χ0) is 16.7. The van der Waals surface area contributed by atoms with Crippen LogP contribution in [0.15, 0.2) is 47.7 Å². The summed E-state index contributed by atoms with van der Waals surface area (Å²) in [6.45, 7) is 1.45. The summed E-state index contributed by atoms with van der Waals surface area (Å²) in [6.07, 6.45) is 5.71. The van der Waals surface area contributed by atoms with E-state index >= 15 is 0 Å². The van der Waals surface area contributed by atoms with E-state index in [1.165, 1.54) is 10.6 Å². The average Bonchev–Trinajstić information content (AvgIpc) is 3.24. The summed E-state index contributed by atoms with van der Waals surface area (Å²) >= 11 is 0. The Hall–Kier alpha value is -3.16. The van der Waals surface area contributed by atoms with Crippen molar-refractivity contribution in [1.29, 1.82) is 0 Å². The highest BCUT2D eigenvalue weighted by Gasteiger charge is 2.26. The van der Waals surface area contributed by atoms with Crippen molar-refractivity contribution in [3.05, 3.63) is 58.8 Å². The Morgan fingerprint density at radius 1 is 1.33 bits per heavy atom. The first-order valence-corrected chi connectivity index (χ1v) is 7.69. The van der Waals surface area contributed by atoms with Gasteiger partial charge in [-0.25, -0.2) is 4.98 Å². The van der Waals surface area contributed by atoms with E-state index in [1.54, 1.807) is 29.2 Å². The summed E-state index contributed by atoms with van der Waals surface area (Å²) in [7, 11) is 0. The molecule has 0 saturated carbocycles. The maximum Gasteiger partial charge on any atom is 0.259 e. The van der Waals surface area contributed by atoms with Crippen molar-refractivity contribution in [3.63, 3.8) is 0 Å². The van der Waals surface area contributed by atoms with Gasteiger partial charge in [0, 0.05) is 31.5 Å². The summed E-state index contributed by atoms with van der Waals surface area (Å²) in [4.78, 5) is 30.0. The molecule has 2 N–H and O–H groups in total. The molecule has 1 amide bonds. The minimum Gasteiger partial charge on any atom is -0.366 e. The van der Waals surface area contributed by atoms with Gasteiger partial charge in [-0.1, -0.05) is 6.07 Å². The van der Waals surface area contributed by atoms with Crippen LogP contribution >= 0.6 is 0 Å². The molecule has 1 saturated heterocycles. The predicted molar refractivity (Wildman–Crippen MR) is 88.1 cm³/mol. The molecule has 3 aromatic rings. The molecule has 4 rings (SSSR count). The standard InChI is InChI=1S/C16H16N6O2/c17-16(24)11-8-18-22(9-11)12-4-6-20(10-12)14-7-15(23)21-5-2-1-3-13(21)19-14/h1-3,5,7-9,12H,4,6,10H2,(H2,17,24). The van der Waals surface area contributed by atoms with Crippen molar-refractivity contribution in [3.8, 4) is 0 Å². The average molecular weight is 324 g/mol. The van der Waals surface area contributed by atoms with Crippen LogP contribution in [0.2, 0.25) is 0 Å². The number of carbonyl (C=O) groups is 1. The fraction of sp³-hybridized carbons (Fsp3) is 0.250. The van der Waals surface area contributed by atoms with Crippen molar-refractivity contribution in [2.24, 2.45) is 5.73 Å². The molecule has 0 aromatic carbocycles. The number of rotatable bonds is 3. The number of anilines is 1. The van der Waals surface area contributed by atoms with Crippen LogP contribution in [0, 0.1) is 0 Å². The van der Waals surface area contributed by atoms with Gasteiger partial charge in [0.2, 0.25) is 0 Å². The molecule has 0 aliphatic carbocycles. The number of fused-ring (bicyclic) bond motifs is 1. The van der Waals surface area contributed by atoms with Crippen molar-refractivity contribution in [1.82, 2.24) is 19.2 Å². The number of aromatic nitrogens is 4. The number of nitrogens with zero attached hydrogens (tertiary/aromatic N) is 5. The van der Waals surface area contributed by atoms with Crippen LogP contribution in [-0.2, 0) is 0 Å². The van der Waals surface area contributed by atoms with Crippen LogP contribution in [-0.4, -0.2) is 38.2 Å². The Labute approximate surface area is 137 Å². The number of amides is 1. The monoisotopic (exact) mass is 324 g/mol. The zero-order valence-corrected chi connectivity index (χ0v) is 12.9. The van der Waals surface area contributed by atoms with Gasteiger partial charge >= 0.3 is 0 Å². The molecule has 4 heterocycles. The van der Waals surface area contributed by atoms with Gasteiger partial charge < -0.3 is 10.6 Å². The molecular formula is C16H16N6O2. The highest BCUT2D eigenvalue weighted by Crippen LogP contribution is 2.25. The maximum atomic E-state index is 12.2. The smallest absolute Gasteiger partial charge is 0.259 e. The summed E-state index contributed by atoms with van der Waals surface area (Å²) in [5.41, 5.74) is 6.18. The van der Waals surface area contributed by atoms with E-state index in [1.807, 2.05) is 12.1 Å². The second kappa shape index (κ2) is 5.48. The number of pyridine rings is 1. The van der Waals surface area contributed by atoms with Crippen molar-refractivity contribution < 1.29 is 4.79 Å². The van der Waals surface area contributed by atoms with E-state index in [9.17, 15) is 9.59 Å². The van der Waals surface area contributed by atoms with Gasteiger partial charge in [-0.2, -0.15) is 5.10 Å². The normalized spacial score (nSPS) is 17.5. The van der Waals surface area contributed by atoms with Crippen LogP contribution in [0.4, 0.5) is 5.82 Å². The fourth-order valence-corrected chi connectivity index (χ4v) is 3.03. The van der Waals surface area contributed by atoms with E-state index in [4.69, 9.17) is 5.73 Å². The Bertz CT molecular complexity index is 976. The molecule has 1 aliphatic rings. The molecule has 1 aliphatic heterocycles. The second-order valence-corrected chi connectivity index (χ2v) is 5.84. The first-order valence-electron chi connectivity index (χ1n) is 7.69. The first kappa shape index (κ1) is 14.4. The van der Waals surface area contributed by atoms with Crippen LogP contribution in [0.25, 0.3) is 5.65 Å². The van der Waals surface area contributed by atoms with E-state index < -0.39 is 5.91 Å². The highest BCUT2D eigenvalue weighted by molar-refractivity contribution is 5.92. The predicted octanol–water partition coefficient (Wildman–Crippen LogP) is 0.441. The van der Waals surface area contributed by atoms with Gasteiger partial charge in [0.25, 0.3) is 11.5 Å². The van der Waals surface area contributed by atoms with E-state index in [0.29, 0.717) is 23.6 Å².